The number of halogens is 1. The van der Waals surface area contributed by atoms with Crippen LogP contribution in [-0.2, 0) is 0 Å². The van der Waals surface area contributed by atoms with Crippen LogP contribution in [0.25, 0.3) is 10.9 Å². The van der Waals surface area contributed by atoms with Crippen molar-refractivity contribution in [2.24, 2.45) is 15.9 Å². The van der Waals surface area contributed by atoms with E-state index in [-0.39, 0.29) is 0 Å². The van der Waals surface area contributed by atoms with Gasteiger partial charge in [0.1, 0.15) is 5.04 Å². The van der Waals surface area contributed by atoms with Crippen molar-refractivity contribution < 1.29 is 0 Å². The average molecular weight is 502 g/mol. The van der Waals surface area contributed by atoms with Crippen LogP contribution in [0.5, 0.6) is 0 Å². The van der Waals surface area contributed by atoms with Gasteiger partial charge in [-0.1, -0.05) is 43.0 Å². The minimum atomic E-state index is 0.473. The topological polar surface area (TPSA) is 101 Å². The predicted molar refractivity (Wildman–Crippen MR) is 144 cm³/mol. The van der Waals surface area contributed by atoms with Gasteiger partial charge in [-0.3, -0.25) is 0 Å². The number of nitrogens with two attached hydrogens (primary N) is 1. The van der Waals surface area contributed by atoms with Crippen LogP contribution in [0.3, 0.4) is 0 Å². The molecule has 10 heteroatoms. The summed E-state index contributed by atoms with van der Waals surface area (Å²) in [5, 5.41) is 13.7. The van der Waals surface area contributed by atoms with Gasteiger partial charge in [0.2, 0.25) is 5.95 Å². The second-order valence-corrected chi connectivity index (χ2v) is 9.52. The second kappa shape index (κ2) is 13.5. The SMILES string of the molecule is C=N/N=C(\SNSc1ccccc1Cl)c1ccc2nc(NC3CCCCC3)ncc2c1.CN. The third-order valence-corrected chi connectivity index (χ3v) is 7.25. The number of hydrogen-bond acceptors (Lipinski definition) is 9. The van der Waals surface area contributed by atoms with Crippen LogP contribution < -0.4 is 15.2 Å². The molecule has 4 N–H and O–H groups in total. The highest BCUT2D eigenvalue weighted by Crippen LogP contribution is 2.27. The van der Waals surface area contributed by atoms with Crippen molar-refractivity contribution >= 4 is 64.1 Å². The van der Waals surface area contributed by atoms with Gasteiger partial charge in [0.15, 0.2) is 0 Å². The fraction of sp³-hybridized carbons (Fsp3) is 0.304. The molecule has 33 heavy (non-hydrogen) atoms. The quantitative estimate of drug-likeness (QED) is 0.160. The molecular formula is C23H28ClN7S2. The van der Waals surface area contributed by atoms with Crippen molar-refractivity contribution in [3.8, 4) is 0 Å². The van der Waals surface area contributed by atoms with Gasteiger partial charge in [0.25, 0.3) is 0 Å². The molecule has 1 heterocycles. The zero-order chi connectivity index (χ0) is 23.5. The molecule has 0 aliphatic heterocycles. The number of aromatic nitrogens is 2. The fourth-order valence-electron chi connectivity index (χ4n) is 3.50. The first kappa shape index (κ1) is 25.5. The molecule has 1 aromatic heterocycles. The molecular weight excluding hydrogens is 474 g/mol. The standard InChI is InChI=1S/C22H23ClN6S2.CH5N/c1-24-28-21(31-29-30-20-10-6-5-9-18(20)23)15-11-12-19-16(13-15)14-25-22(27-19)26-17-7-3-2-4-8-17;1-2/h5-6,9-14,17,29H,1-4,7-8H2,(H,25,26,27);2H2,1H3/b28-21-;. The number of rotatable bonds is 7. The maximum Gasteiger partial charge on any atom is 0.223 e. The summed E-state index contributed by atoms with van der Waals surface area (Å²) in [5.41, 5.74) is 6.31. The lowest BCUT2D eigenvalue weighted by Crippen LogP contribution is -2.23. The second-order valence-electron chi connectivity index (χ2n) is 7.21. The number of nitrogens with one attached hydrogen (secondary N) is 2. The zero-order valence-corrected chi connectivity index (χ0v) is 20.9. The van der Waals surface area contributed by atoms with Crippen molar-refractivity contribution in [3.63, 3.8) is 0 Å². The smallest absolute Gasteiger partial charge is 0.223 e. The van der Waals surface area contributed by atoms with E-state index >= 15 is 0 Å². The summed E-state index contributed by atoms with van der Waals surface area (Å²) in [4.78, 5) is 10.1. The Labute approximate surface area is 208 Å². The molecule has 2 aromatic carbocycles. The van der Waals surface area contributed by atoms with E-state index in [1.54, 1.807) is 0 Å². The molecule has 1 saturated carbocycles. The Morgan fingerprint density at radius 3 is 2.70 bits per heavy atom. The molecule has 1 aliphatic carbocycles. The molecule has 1 aliphatic rings. The summed E-state index contributed by atoms with van der Waals surface area (Å²) >= 11 is 8.99. The molecule has 4 rings (SSSR count). The van der Waals surface area contributed by atoms with E-state index < -0.39 is 0 Å². The number of fused-ring (bicyclic) bond motifs is 1. The van der Waals surface area contributed by atoms with Gasteiger partial charge in [-0.15, -0.1) is 5.10 Å². The molecule has 1 fully saturated rings. The molecule has 0 bridgehead atoms. The summed E-state index contributed by atoms with van der Waals surface area (Å²) in [7, 11) is 1.50. The summed E-state index contributed by atoms with van der Waals surface area (Å²) in [5.74, 6) is 0.695. The Bertz CT molecular complexity index is 1090. The summed E-state index contributed by atoms with van der Waals surface area (Å²) in [6.07, 6.45) is 8.10. The molecule has 0 amide bonds. The number of anilines is 1. The van der Waals surface area contributed by atoms with Crippen LogP contribution in [0.1, 0.15) is 37.7 Å². The van der Waals surface area contributed by atoms with Gasteiger partial charge in [0.05, 0.1) is 10.5 Å². The van der Waals surface area contributed by atoms with E-state index in [2.05, 4.69) is 42.1 Å². The van der Waals surface area contributed by atoms with Gasteiger partial charge in [-0.2, -0.15) is 9.23 Å². The molecule has 0 unspecified atom stereocenters. The lowest BCUT2D eigenvalue weighted by Gasteiger charge is -2.22. The normalized spacial score (nSPS) is 14.5. The van der Waals surface area contributed by atoms with E-state index in [0.717, 1.165) is 21.4 Å². The Hall–Kier alpha value is -2.17. The van der Waals surface area contributed by atoms with Gasteiger partial charge in [0, 0.05) is 34.8 Å². The molecule has 0 saturated heterocycles. The van der Waals surface area contributed by atoms with Crippen LogP contribution in [0, 0.1) is 0 Å². The molecule has 174 valence electrons. The van der Waals surface area contributed by atoms with Crippen LogP contribution in [0.2, 0.25) is 5.02 Å². The lowest BCUT2D eigenvalue weighted by atomic mass is 9.96. The summed E-state index contributed by atoms with van der Waals surface area (Å²) in [6.45, 7) is 3.50. The maximum atomic E-state index is 6.21. The minimum Gasteiger partial charge on any atom is -0.351 e. The van der Waals surface area contributed by atoms with Crippen molar-refractivity contribution in [1.29, 1.82) is 0 Å². The minimum absolute atomic E-state index is 0.473. The van der Waals surface area contributed by atoms with Crippen LogP contribution in [-0.4, -0.2) is 34.8 Å². The Morgan fingerprint density at radius 1 is 1.15 bits per heavy atom. The molecule has 7 nitrogen and oxygen atoms in total. The lowest BCUT2D eigenvalue weighted by molar-refractivity contribution is 0.461. The highest BCUT2D eigenvalue weighted by Gasteiger charge is 2.14. The van der Waals surface area contributed by atoms with Crippen LogP contribution in [0.4, 0.5) is 5.95 Å². The maximum absolute atomic E-state index is 6.21. The van der Waals surface area contributed by atoms with E-state index in [4.69, 9.17) is 11.6 Å². The number of benzene rings is 2. The van der Waals surface area contributed by atoms with E-state index in [0.29, 0.717) is 22.1 Å². The molecule has 0 atom stereocenters. The highest BCUT2D eigenvalue weighted by atomic mass is 35.5. The van der Waals surface area contributed by atoms with Crippen molar-refractivity contribution in [1.82, 2.24) is 14.1 Å². The summed E-state index contributed by atoms with van der Waals surface area (Å²) in [6, 6.07) is 14.1. The Kier molecular flexibility index (Phi) is 10.4. The van der Waals surface area contributed by atoms with E-state index in [1.165, 1.54) is 63.0 Å². The zero-order valence-electron chi connectivity index (χ0n) is 18.5. The average Bonchev–Trinajstić information content (AvgIpc) is 2.86. The van der Waals surface area contributed by atoms with E-state index in [1.807, 2.05) is 48.7 Å². The van der Waals surface area contributed by atoms with Crippen LogP contribution >= 0.6 is 35.5 Å². The Balaban J connectivity index is 0.00000149. The highest BCUT2D eigenvalue weighted by molar-refractivity contribution is 8.21. The number of hydrogen-bond donors (Lipinski definition) is 3. The van der Waals surface area contributed by atoms with Gasteiger partial charge < -0.3 is 11.1 Å². The van der Waals surface area contributed by atoms with Crippen molar-refractivity contribution in [2.75, 3.05) is 12.4 Å². The molecule has 3 aromatic rings. The molecule has 0 spiro atoms. The first-order chi connectivity index (χ1) is 16.2. The predicted octanol–water partition coefficient (Wildman–Crippen LogP) is 5.91. The van der Waals surface area contributed by atoms with Crippen molar-refractivity contribution in [3.05, 3.63) is 59.2 Å². The largest absolute Gasteiger partial charge is 0.351 e. The van der Waals surface area contributed by atoms with Gasteiger partial charge in [-0.05, 0) is 74.1 Å². The van der Waals surface area contributed by atoms with Crippen LogP contribution in [0.15, 0.2) is 63.8 Å². The van der Waals surface area contributed by atoms with E-state index in [9.17, 15) is 0 Å². The summed E-state index contributed by atoms with van der Waals surface area (Å²) < 4.78 is 3.22. The number of nitrogens with zero attached hydrogens (tertiary/aromatic N) is 4. The van der Waals surface area contributed by atoms with Gasteiger partial charge in [-0.25, -0.2) is 9.97 Å². The third-order valence-electron chi connectivity index (χ3n) is 5.05. The fourth-order valence-corrected chi connectivity index (χ4v) is 5.25. The molecule has 0 radical (unpaired) electrons. The first-order valence-corrected chi connectivity index (χ1v) is 12.7. The Morgan fingerprint density at radius 2 is 1.94 bits per heavy atom. The third kappa shape index (κ3) is 7.41. The first-order valence-electron chi connectivity index (χ1n) is 10.7. The van der Waals surface area contributed by atoms with Crippen molar-refractivity contribution in [2.45, 2.75) is 43.0 Å². The monoisotopic (exact) mass is 501 g/mol. The van der Waals surface area contributed by atoms with Gasteiger partial charge >= 0.3 is 0 Å².